The van der Waals surface area contributed by atoms with Crippen molar-refractivity contribution in [1.29, 1.82) is 0 Å². The maximum atomic E-state index is 12.3. The third kappa shape index (κ3) is 4.43. The first kappa shape index (κ1) is 22.0. The highest BCUT2D eigenvalue weighted by Crippen LogP contribution is 2.50. The van der Waals surface area contributed by atoms with Gasteiger partial charge in [-0.05, 0) is 42.6 Å². The number of Topliss-reactive ketones (excluding diaryl/α,β-unsaturated/α-hetero) is 1. The van der Waals surface area contributed by atoms with Crippen LogP contribution in [0, 0.1) is 29.6 Å². The van der Waals surface area contributed by atoms with Gasteiger partial charge in [-0.15, -0.1) is 0 Å². The van der Waals surface area contributed by atoms with Crippen molar-refractivity contribution in [2.75, 3.05) is 19.8 Å². The fraction of sp³-hybridized carbons (Fsp3) is 0.739. The van der Waals surface area contributed by atoms with E-state index in [-0.39, 0.29) is 61.0 Å². The van der Waals surface area contributed by atoms with Gasteiger partial charge in [0.15, 0.2) is 6.61 Å². The van der Waals surface area contributed by atoms with Crippen molar-refractivity contribution in [3.63, 3.8) is 0 Å². The number of carbonyl (C=O) groups excluding carboxylic acids is 2. The minimum Gasteiger partial charge on any atom is -0.489 e. The second-order valence-corrected chi connectivity index (χ2v) is 8.96. The predicted octanol–water partition coefficient (Wildman–Crippen LogP) is 2.78. The predicted molar refractivity (Wildman–Crippen MR) is 108 cm³/mol. The summed E-state index contributed by atoms with van der Waals surface area (Å²) in [6.07, 6.45) is 6.47. The molecule has 6 atom stereocenters. The van der Waals surface area contributed by atoms with Gasteiger partial charge in [-0.3, -0.25) is 4.79 Å². The topological polar surface area (TPSA) is 93.1 Å². The first-order valence-corrected chi connectivity index (χ1v) is 10.9. The number of hydrogen-bond acceptors (Lipinski definition) is 6. The number of ketones is 1. The van der Waals surface area contributed by atoms with Gasteiger partial charge in [-0.2, -0.15) is 0 Å². The average Bonchev–Trinajstić information content (AvgIpc) is 3.03. The summed E-state index contributed by atoms with van der Waals surface area (Å²) in [7, 11) is 0. The second-order valence-electron chi connectivity index (χ2n) is 8.96. The SMILES string of the molecule is C[C@@H]1CCC[C@H]2[C@H]1[C@H](C)/C(=C1/C(=O)COC1=O)O[C@@H]2/C(=C/[C@H](C)CCCO)CO. The van der Waals surface area contributed by atoms with Crippen LogP contribution in [0.4, 0.5) is 0 Å². The zero-order valence-corrected chi connectivity index (χ0v) is 17.7. The lowest BCUT2D eigenvalue weighted by Crippen LogP contribution is -2.47. The average molecular weight is 407 g/mol. The molecule has 2 N–H and O–H groups in total. The first-order valence-electron chi connectivity index (χ1n) is 10.9. The Kier molecular flexibility index (Phi) is 7.17. The van der Waals surface area contributed by atoms with Gasteiger partial charge in [0, 0.05) is 18.4 Å². The fourth-order valence-corrected chi connectivity index (χ4v) is 5.57. The van der Waals surface area contributed by atoms with Crippen LogP contribution in [-0.2, 0) is 19.1 Å². The van der Waals surface area contributed by atoms with Crippen molar-refractivity contribution in [3.8, 4) is 0 Å². The molecule has 1 saturated carbocycles. The number of aliphatic hydroxyl groups excluding tert-OH is 2. The number of cyclic esters (lactones) is 1. The van der Waals surface area contributed by atoms with Crippen LogP contribution in [0.2, 0.25) is 0 Å². The van der Waals surface area contributed by atoms with Crippen molar-refractivity contribution in [3.05, 3.63) is 23.0 Å². The van der Waals surface area contributed by atoms with Gasteiger partial charge in [0.25, 0.3) is 0 Å². The van der Waals surface area contributed by atoms with Crippen LogP contribution in [0.25, 0.3) is 0 Å². The van der Waals surface area contributed by atoms with E-state index in [1.165, 1.54) is 0 Å². The van der Waals surface area contributed by atoms with Gasteiger partial charge in [-0.1, -0.05) is 39.7 Å². The molecular weight excluding hydrogens is 372 g/mol. The highest BCUT2D eigenvalue weighted by molar-refractivity contribution is 6.22. The summed E-state index contributed by atoms with van der Waals surface area (Å²) < 4.78 is 11.3. The molecule has 0 bridgehead atoms. The number of allylic oxidation sites excluding steroid dienone is 2. The molecule has 2 aliphatic heterocycles. The zero-order chi connectivity index (χ0) is 21.1. The maximum Gasteiger partial charge on any atom is 0.345 e. The van der Waals surface area contributed by atoms with Crippen LogP contribution in [0.3, 0.4) is 0 Å². The Balaban J connectivity index is 2.00. The molecule has 3 rings (SSSR count). The van der Waals surface area contributed by atoms with Crippen molar-refractivity contribution in [2.45, 2.75) is 59.0 Å². The molecule has 162 valence electrons. The number of rotatable bonds is 6. The number of ether oxygens (including phenoxy) is 2. The number of aliphatic hydroxyl groups is 2. The molecule has 3 aliphatic rings. The summed E-state index contributed by atoms with van der Waals surface area (Å²) in [6.45, 7) is 6.15. The Morgan fingerprint density at radius 1 is 1.24 bits per heavy atom. The minimum atomic E-state index is -0.594. The quantitative estimate of drug-likeness (QED) is 0.305. The van der Waals surface area contributed by atoms with Gasteiger partial charge in [0.05, 0.1) is 6.61 Å². The van der Waals surface area contributed by atoms with Gasteiger partial charge >= 0.3 is 5.97 Å². The highest BCUT2D eigenvalue weighted by Gasteiger charge is 2.49. The highest BCUT2D eigenvalue weighted by atomic mass is 16.5. The first-order chi connectivity index (χ1) is 13.9. The summed E-state index contributed by atoms with van der Waals surface area (Å²) in [6, 6.07) is 0. The molecular formula is C23H34O6. The molecule has 0 unspecified atom stereocenters. The smallest absolute Gasteiger partial charge is 0.345 e. The molecule has 1 aliphatic carbocycles. The Bertz CT molecular complexity index is 675. The van der Waals surface area contributed by atoms with E-state index in [0.29, 0.717) is 18.1 Å². The molecule has 6 heteroatoms. The van der Waals surface area contributed by atoms with E-state index >= 15 is 0 Å². The molecule has 0 radical (unpaired) electrons. The summed E-state index contributed by atoms with van der Waals surface area (Å²) >= 11 is 0. The van der Waals surface area contributed by atoms with Crippen LogP contribution in [0.1, 0.15) is 52.9 Å². The van der Waals surface area contributed by atoms with Crippen LogP contribution < -0.4 is 0 Å². The Morgan fingerprint density at radius 3 is 2.62 bits per heavy atom. The van der Waals surface area contributed by atoms with Crippen LogP contribution >= 0.6 is 0 Å². The van der Waals surface area contributed by atoms with E-state index in [2.05, 4.69) is 13.8 Å². The summed E-state index contributed by atoms with van der Waals surface area (Å²) in [5, 5.41) is 19.3. The largest absolute Gasteiger partial charge is 0.489 e. The molecule has 2 saturated heterocycles. The minimum absolute atomic E-state index is 0.0390. The summed E-state index contributed by atoms with van der Waals surface area (Å²) in [4.78, 5) is 24.6. The van der Waals surface area contributed by atoms with Crippen molar-refractivity contribution < 1.29 is 29.3 Å². The Labute approximate surface area is 173 Å². The van der Waals surface area contributed by atoms with Gasteiger partial charge < -0.3 is 19.7 Å². The lowest BCUT2D eigenvalue weighted by atomic mass is 9.62. The standard InChI is InChI=1S/C23H34O6/c1-13(6-5-9-24)10-16(11-25)22-17-8-4-7-14(2)19(17)15(3)21(29-22)20-18(26)12-28-23(20)27/h10,13-15,17,19,22,24-25H,4-9,11-12H2,1-3H3/b16-10+,21-20+/t13-,14-,15+,17+,19-,22-/m1/s1. The molecule has 0 spiro atoms. The lowest BCUT2D eigenvalue weighted by molar-refractivity contribution is -0.136. The van der Waals surface area contributed by atoms with Crippen molar-refractivity contribution in [1.82, 2.24) is 0 Å². The van der Waals surface area contributed by atoms with Gasteiger partial charge in [-0.25, -0.2) is 4.79 Å². The molecule has 3 fully saturated rings. The summed E-state index contributed by atoms with van der Waals surface area (Å²) in [5.74, 6) is 0.670. The van der Waals surface area contributed by atoms with Crippen molar-refractivity contribution in [2.24, 2.45) is 29.6 Å². The fourth-order valence-electron chi connectivity index (χ4n) is 5.57. The van der Waals surface area contributed by atoms with Crippen molar-refractivity contribution >= 4 is 11.8 Å². The lowest BCUT2D eigenvalue weighted by Gasteiger charge is -2.49. The van der Waals surface area contributed by atoms with E-state index < -0.39 is 5.97 Å². The second kappa shape index (κ2) is 9.43. The van der Waals surface area contributed by atoms with E-state index in [9.17, 15) is 14.7 Å². The van der Waals surface area contributed by atoms with Crippen LogP contribution in [0.5, 0.6) is 0 Å². The zero-order valence-electron chi connectivity index (χ0n) is 17.7. The van der Waals surface area contributed by atoms with Gasteiger partial charge in [0.2, 0.25) is 5.78 Å². The van der Waals surface area contributed by atoms with Crippen LogP contribution in [0.15, 0.2) is 23.0 Å². The Hall–Kier alpha value is -1.66. The molecule has 0 aromatic heterocycles. The van der Waals surface area contributed by atoms with Gasteiger partial charge in [0.1, 0.15) is 17.4 Å². The monoisotopic (exact) mass is 406 g/mol. The molecule has 0 aromatic rings. The number of fused-ring (bicyclic) bond motifs is 1. The number of carbonyl (C=O) groups is 2. The number of hydrogen-bond donors (Lipinski definition) is 2. The molecule has 29 heavy (non-hydrogen) atoms. The Morgan fingerprint density at radius 2 is 2.00 bits per heavy atom. The third-order valence-corrected chi connectivity index (χ3v) is 6.91. The number of esters is 1. The maximum absolute atomic E-state index is 12.3. The van der Waals surface area contributed by atoms with Crippen LogP contribution in [-0.4, -0.2) is 47.9 Å². The molecule has 0 amide bonds. The normalized spacial score (nSPS) is 36.4. The molecule has 2 heterocycles. The third-order valence-electron chi connectivity index (χ3n) is 6.91. The van der Waals surface area contributed by atoms with E-state index in [1.807, 2.05) is 13.0 Å². The summed E-state index contributed by atoms with van der Waals surface area (Å²) in [5.41, 5.74) is 0.868. The van der Waals surface area contributed by atoms with E-state index in [1.54, 1.807) is 0 Å². The molecule has 0 aromatic carbocycles. The van der Waals surface area contributed by atoms with E-state index in [0.717, 1.165) is 31.3 Å². The molecule has 6 nitrogen and oxygen atoms in total. The van der Waals surface area contributed by atoms with E-state index in [4.69, 9.17) is 14.6 Å².